The highest BCUT2D eigenvalue weighted by Crippen LogP contribution is 2.39. The second-order valence-electron chi connectivity index (χ2n) is 7.74. The number of aromatic nitrogens is 1. The summed E-state index contributed by atoms with van der Waals surface area (Å²) in [5, 5.41) is 5.02. The quantitative estimate of drug-likeness (QED) is 0.857. The van der Waals surface area contributed by atoms with Gasteiger partial charge < -0.3 is 10.1 Å². The molecule has 0 aromatic carbocycles. The van der Waals surface area contributed by atoms with Crippen LogP contribution in [0.5, 0.6) is 0 Å². The van der Waals surface area contributed by atoms with Crippen LogP contribution in [0.25, 0.3) is 0 Å². The third-order valence-electron chi connectivity index (χ3n) is 5.79. The Labute approximate surface area is 164 Å². The fraction of sp³-hybridized carbons (Fsp3) is 0.524. The summed E-state index contributed by atoms with van der Waals surface area (Å²) in [6, 6.07) is 6.12. The lowest BCUT2D eigenvalue weighted by atomic mass is 9.88. The van der Waals surface area contributed by atoms with Crippen molar-refractivity contribution in [2.24, 2.45) is 0 Å². The molecule has 0 saturated carbocycles. The van der Waals surface area contributed by atoms with Gasteiger partial charge in [0, 0.05) is 38.6 Å². The van der Waals surface area contributed by atoms with Gasteiger partial charge in [-0.05, 0) is 61.2 Å². The maximum absolute atomic E-state index is 12.3. The molecule has 4 heterocycles. The Morgan fingerprint density at radius 3 is 2.93 bits per heavy atom. The summed E-state index contributed by atoms with van der Waals surface area (Å²) in [4.78, 5) is 19.8. The number of aryl methyl sites for hydroxylation is 1. The summed E-state index contributed by atoms with van der Waals surface area (Å²) in [6.45, 7) is 5.66. The van der Waals surface area contributed by atoms with Crippen LogP contribution in [0.4, 0.5) is 0 Å². The van der Waals surface area contributed by atoms with Gasteiger partial charge in [0.05, 0.1) is 16.6 Å². The number of nitrogens with one attached hydrogen (secondary N) is 1. The molecular formula is C21H27N3O2S. The van der Waals surface area contributed by atoms with Crippen molar-refractivity contribution in [1.82, 2.24) is 15.2 Å². The molecule has 27 heavy (non-hydrogen) atoms. The Bertz CT molecular complexity index is 769. The van der Waals surface area contributed by atoms with E-state index in [-0.39, 0.29) is 17.6 Å². The molecule has 0 bridgehead atoms. The predicted molar refractivity (Wildman–Crippen MR) is 107 cm³/mol. The van der Waals surface area contributed by atoms with Crippen LogP contribution in [0, 0.1) is 6.92 Å². The second kappa shape index (κ2) is 8.09. The number of rotatable bonds is 5. The van der Waals surface area contributed by atoms with E-state index in [4.69, 9.17) is 4.74 Å². The smallest absolute Gasteiger partial charge is 0.261 e. The van der Waals surface area contributed by atoms with Crippen LogP contribution < -0.4 is 5.32 Å². The van der Waals surface area contributed by atoms with Crippen molar-refractivity contribution in [3.63, 3.8) is 0 Å². The average Bonchev–Trinajstić information content (AvgIpc) is 3.29. The lowest BCUT2D eigenvalue weighted by Gasteiger charge is -2.39. The lowest BCUT2D eigenvalue weighted by molar-refractivity contribution is -0.0764. The predicted octanol–water partition coefficient (Wildman–Crippen LogP) is 3.40. The maximum atomic E-state index is 12.3. The van der Waals surface area contributed by atoms with Crippen LogP contribution >= 0.6 is 11.3 Å². The largest absolute Gasteiger partial charge is 0.370 e. The molecule has 2 fully saturated rings. The number of ether oxygens (including phenoxy) is 1. The first kappa shape index (κ1) is 18.6. The SMILES string of the molecule is Cc1ccsc1C(=O)NCC1CCC2(CCN(Cc3cccnc3)CC2)O1. The Kier molecular flexibility index (Phi) is 5.57. The molecule has 1 N–H and O–H groups in total. The van der Waals surface area contributed by atoms with Crippen LogP contribution in [0.3, 0.4) is 0 Å². The molecular weight excluding hydrogens is 358 g/mol. The highest BCUT2D eigenvalue weighted by molar-refractivity contribution is 7.12. The summed E-state index contributed by atoms with van der Waals surface area (Å²) in [5.74, 6) is 0.0262. The summed E-state index contributed by atoms with van der Waals surface area (Å²) >= 11 is 1.50. The number of amides is 1. The standard InChI is InChI=1S/C21H27N3O2S/c1-16-5-12-27-19(16)20(25)23-14-18-4-6-21(26-18)7-10-24(11-8-21)15-17-3-2-9-22-13-17/h2-3,5,9,12-13,18H,4,6-8,10-11,14-15H2,1H3,(H,23,25). The molecule has 1 atom stereocenters. The van der Waals surface area contributed by atoms with Crippen LogP contribution in [0.2, 0.25) is 0 Å². The van der Waals surface area contributed by atoms with Gasteiger partial charge in [-0.3, -0.25) is 14.7 Å². The fourth-order valence-electron chi connectivity index (χ4n) is 4.17. The molecule has 2 aromatic heterocycles. The number of nitrogens with zero attached hydrogens (tertiary/aromatic N) is 2. The summed E-state index contributed by atoms with van der Waals surface area (Å²) < 4.78 is 6.44. The van der Waals surface area contributed by atoms with Crippen molar-refractivity contribution in [3.8, 4) is 0 Å². The number of hydrogen-bond donors (Lipinski definition) is 1. The van der Waals surface area contributed by atoms with E-state index >= 15 is 0 Å². The Morgan fingerprint density at radius 2 is 2.22 bits per heavy atom. The molecule has 4 rings (SSSR count). The number of thiophene rings is 1. The summed E-state index contributed by atoms with van der Waals surface area (Å²) in [6.07, 6.45) is 8.19. The molecule has 2 saturated heterocycles. The van der Waals surface area contributed by atoms with E-state index in [1.54, 1.807) is 0 Å². The minimum atomic E-state index is 0.0136. The van der Waals surface area contributed by atoms with Crippen molar-refractivity contribution in [2.45, 2.75) is 50.9 Å². The number of carbonyl (C=O) groups is 1. The van der Waals surface area contributed by atoms with Gasteiger partial charge in [-0.15, -0.1) is 11.3 Å². The van der Waals surface area contributed by atoms with Crippen molar-refractivity contribution in [2.75, 3.05) is 19.6 Å². The van der Waals surface area contributed by atoms with E-state index in [2.05, 4.69) is 21.3 Å². The second-order valence-corrected chi connectivity index (χ2v) is 8.66. The van der Waals surface area contributed by atoms with Crippen LogP contribution in [-0.2, 0) is 11.3 Å². The highest BCUT2D eigenvalue weighted by atomic mass is 32.1. The van der Waals surface area contributed by atoms with Crippen molar-refractivity contribution < 1.29 is 9.53 Å². The zero-order valence-electron chi connectivity index (χ0n) is 15.8. The normalized spacial score (nSPS) is 22.2. The number of hydrogen-bond acceptors (Lipinski definition) is 5. The van der Waals surface area contributed by atoms with Gasteiger partial charge in [-0.25, -0.2) is 0 Å². The van der Waals surface area contributed by atoms with E-state index < -0.39 is 0 Å². The summed E-state index contributed by atoms with van der Waals surface area (Å²) in [5.41, 5.74) is 2.33. The van der Waals surface area contributed by atoms with Gasteiger partial charge in [-0.1, -0.05) is 6.07 Å². The first-order valence-corrected chi connectivity index (χ1v) is 10.6. The van der Waals surface area contributed by atoms with Crippen LogP contribution in [0.15, 0.2) is 36.0 Å². The number of likely N-dealkylation sites (tertiary alicyclic amines) is 1. The monoisotopic (exact) mass is 385 g/mol. The molecule has 2 aliphatic heterocycles. The van der Waals surface area contributed by atoms with E-state index in [1.807, 2.05) is 36.8 Å². The van der Waals surface area contributed by atoms with E-state index in [1.165, 1.54) is 16.9 Å². The van der Waals surface area contributed by atoms with Gasteiger partial charge in [0.1, 0.15) is 0 Å². The van der Waals surface area contributed by atoms with Crippen molar-refractivity contribution in [3.05, 3.63) is 52.0 Å². The molecule has 0 radical (unpaired) electrons. The lowest BCUT2D eigenvalue weighted by Crippen LogP contribution is -2.44. The number of pyridine rings is 1. The Morgan fingerprint density at radius 1 is 1.37 bits per heavy atom. The van der Waals surface area contributed by atoms with Gasteiger partial charge in [0.15, 0.2) is 0 Å². The molecule has 2 aliphatic rings. The van der Waals surface area contributed by atoms with Crippen molar-refractivity contribution >= 4 is 17.2 Å². The highest BCUT2D eigenvalue weighted by Gasteiger charge is 2.42. The van der Waals surface area contributed by atoms with Crippen LogP contribution in [-0.4, -0.2) is 47.1 Å². The molecule has 6 heteroatoms. The van der Waals surface area contributed by atoms with Gasteiger partial charge in [0.2, 0.25) is 0 Å². The molecule has 5 nitrogen and oxygen atoms in total. The van der Waals surface area contributed by atoms with E-state index in [9.17, 15) is 4.79 Å². The minimum absolute atomic E-state index is 0.0136. The summed E-state index contributed by atoms with van der Waals surface area (Å²) in [7, 11) is 0. The average molecular weight is 386 g/mol. The van der Waals surface area contributed by atoms with Crippen LogP contribution in [0.1, 0.15) is 46.5 Å². The zero-order valence-corrected chi connectivity index (χ0v) is 16.6. The van der Waals surface area contributed by atoms with Crippen molar-refractivity contribution in [1.29, 1.82) is 0 Å². The molecule has 0 aliphatic carbocycles. The molecule has 1 amide bonds. The van der Waals surface area contributed by atoms with Gasteiger partial charge in [-0.2, -0.15) is 0 Å². The molecule has 1 unspecified atom stereocenters. The molecule has 2 aromatic rings. The fourth-order valence-corrected chi connectivity index (χ4v) is 5.01. The molecule has 144 valence electrons. The van der Waals surface area contributed by atoms with Gasteiger partial charge >= 0.3 is 0 Å². The molecule has 1 spiro atoms. The number of piperidine rings is 1. The zero-order chi connectivity index (χ0) is 18.7. The Hall–Kier alpha value is -1.76. The third-order valence-corrected chi connectivity index (χ3v) is 6.81. The topological polar surface area (TPSA) is 54.5 Å². The maximum Gasteiger partial charge on any atom is 0.261 e. The van der Waals surface area contributed by atoms with E-state index in [0.717, 1.165) is 55.8 Å². The van der Waals surface area contributed by atoms with E-state index in [0.29, 0.717) is 6.54 Å². The first-order chi connectivity index (χ1) is 13.1. The Balaban J connectivity index is 1.24. The first-order valence-electron chi connectivity index (χ1n) is 9.75. The minimum Gasteiger partial charge on any atom is -0.370 e. The van der Waals surface area contributed by atoms with Gasteiger partial charge in [0.25, 0.3) is 5.91 Å². The third kappa shape index (κ3) is 4.39. The number of carbonyl (C=O) groups excluding carboxylic acids is 1.